The third kappa shape index (κ3) is 3.32. The summed E-state index contributed by atoms with van der Waals surface area (Å²) in [7, 11) is 0. The van der Waals surface area contributed by atoms with Gasteiger partial charge in [-0.05, 0) is 25.3 Å². The zero-order valence-corrected chi connectivity index (χ0v) is 11.1. The Morgan fingerprint density at radius 1 is 1.41 bits per heavy atom. The van der Waals surface area contributed by atoms with Gasteiger partial charge in [0.2, 0.25) is 0 Å². The van der Waals surface area contributed by atoms with Crippen LogP contribution in [0.15, 0.2) is 18.7 Å². The van der Waals surface area contributed by atoms with Gasteiger partial charge in [-0.3, -0.25) is 0 Å². The summed E-state index contributed by atoms with van der Waals surface area (Å²) < 4.78 is 2.29. The molecule has 1 N–H and O–H groups in total. The number of hydrogen-bond donors (Lipinski definition) is 1. The summed E-state index contributed by atoms with van der Waals surface area (Å²) in [5, 5.41) is 3.76. The average molecular weight is 235 g/mol. The number of aromatic nitrogens is 2. The first-order valence-electron chi connectivity index (χ1n) is 7.02. The fourth-order valence-electron chi connectivity index (χ4n) is 2.67. The lowest BCUT2D eigenvalue weighted by molar-refractivity contribution is 0.253. The van der Waals surface area contributed by atoms with Crippen molar-refractivity contribution >= 4 is 0 Å². The maximum absolute atomic E-state index is 4.18. The van der Waals surface area contributed by atoms with Crippen LogP contribution in [0.4, 0.5) is 0 Å². The van der Waals surface area contributed by atoms with Crippen LogP contribution in [0.3, 0.4) is 0 Å². The Bertz CT molecular complexity index is 307. The van der Waals surface area contributed by atoms with Gasteiger partial charge in [0.1, 0.15) is 0 Å². The lowest BCUT2D eigenvalue weighted by Crippen LogP contribution is -2.41. The molecule has 1 aromatic heterocycles. The van der Waals surface area contributed by atoms with Gasteiger partial charge < -0.3 is 9.88 Å². The highest BCUT2D eigenvalue weighted by molar-refractivity contribution is 4.90. The van der Waals surface area contributed by atoms with Gasteiger partial charge >= 0.3 is 0 Å². The first kappa shape index (κ1) is 12.6. The van der Waals surface area contributed by atoms with Crippen molar-refractivity contribution in [3.8, 4) is 0 Å². The van der Waals surface area contributed by atoms with Crippen molar-refractivity contribution in [1.29, 1.82) is 0 Å². The van der Waals surface area contributed by atoms with Gasteiger partial charge in [0.15, 0.2) is 0 Å². The summed E-state index contributed by atoms with van der Waals surface area (Å²) in [5.41, 5.74) is 0. The molecule has 1 aliphatic rings. The molecule has 1 fully saturated rings. The summed E-state index contributed by atoms with van der Waals surface area (Å²) in [6, 6.07) is 1.24. The third-order valence-corrected chi connectivity index (χ3v) is 4.06. The molecule has 0 aromatic carbocycles. The minimum Gasteiger partial charge on any atom is -0.333 e. The summed E-state index contributed by atoms with van der Waals surface area (Å²) >= 11 is 0. The van der Waals surface area contributed by atoms with Crippen molar-refractivity contribution in [2.45, 2.75) is 58.0 Å². The Morgan fingerprint density at radius 2 is 2.24 bits per heavy atom. The molecule has 1 saturated carbocycles. The van der Waals surface area contributed by atoms with E-state index in [-0.39, 0.29) is 0 Å². The van der Waals surface area contributed by atoms with Crippen LogP contribution < -0.4 is 5.32 Å². The fourth-order valence-corrected chi connectivity index (χ4v) is 2.67. The second kappa shape index (κ2) is 6.20. The molecule has 0 amide bonds. The molecule has 1 heterocycles. The molecular formula is C14H25N3. The Labute approximate surface area is 105 Å². The highest BCUT2D eigenvalue weighted by Crippen LogP contribution is 2.28. The van der Waals surface area contributed by atoms with Crippen LogP contribution in [0.1, 0.15) is 52.0 Å². The highest BCUT2D eigenvalue weighted by Gasteiger charge is 2.25. The van der Waals surface area contributed by atoms with Crippen LogP contribution in [-0.2, 0) is 0 Å². The van der Waals surface area contributed by atoms with E-state index in [1.807, 2.05) is 12.5 Å². The third-order valence-electron chi connectivity index (χ3n) is 4.06. The van der Waals surface area contributed by atoms with Gasteiger partial charge in [-0.25, -0.2) is 4.98 Å². The summed E-state index contributed by atoms with van der Waals surface area (Å²) in [6.45, 7) is 5.73. The van der Waals surface area contributed by atoms with Crippen molar-refractivity contribution in [2.24, 2.45) is 5.92 Å². The van der Waals surface area contributed by atoms with E-state index in [1.54, 1.807) is 0 Å². The van der Waals surface area contributed by atoms with Gasteiger partial charge in [0, 0.05) is 24.5 Å². The van der Waals surface area contributed by atoms with Crippen molar-refractivity contribution < 1.29 is 0 Å². The van der Waals surface area contributed by atoms with Crippen LogP contribution in [0.5, 0.6) is 0 Å². The van der Waals surface area contributed by atoms with E-state index in [0.717, 1.165) is 12.5 Å². The summed E-state index contributed by atoms with van der Waals surface area (Å²) in [6.07, 6.45) is 12.5. The standard InChI is InChI=1S/C14H25N3/c1-3-12(2)10-16-13-6-4-5-7-14(13)17-9-8-15-11-17/h8-9,11-14,16H,3-7,10H2,1-2H3/t12?,13-,14+/m1/s1. The van der Waals surface area contributed by atoms with E-state index < -0.39 is 0 Å². The number of nitrogens with one attached hydrogen (secondary N) is 1. The molecule has 96 valence electrons. The van der Waals surface area contributed by atoms with E-state index in [4.69, 9.17) is 0 Å². The topological polar surface area (TPSA) is 29.9 Å². The molecule has 0 bridgehead atoms. The van der Waals surface area contributed by atoms with E-state index >= 15 is 0 Å². The van der Waals surface area contributed by atoms with E-state index in [0.29, 0.717) is 12.1 Å². The van der Waals surface area contributed by atoms with E-state index in [2.05, 4.69) is 34.9 Å². The quantitative estimate of drug-likeness (QED) is 0.850. The second-order valence-electron chi connectivity index (χ2n) is 5.39. The fraction of sp³-hybridized carbons (Fsp3) is 0.786. The Kier molecular flexibility index (Phi) is 4.60. The minimum atomic E-state index is 0.607. The second-order valence-corrected chi connectivity index (χ2v) is 5.39. The Morgan fingerprint density at radius 3 is 2.94 bits per heavy atom. The first-order chi connectivity index (χ1) is 8.31. The average Bonchev–Trinajstić information content (AvgIpc) is 2.90. The molecule has 1 unspecified atom stereocenters. The number of rotatable bonds is 5. The van der Waals surface area contributed by atoms with E-state index in [1.165, 1.54) is 32.1 Å². The molecule has 0 saturated heterocycles. The smallest absolute Gasteiger partial charge is 0.0949 e. The largest absolute Gasteiger partial charge is 0.333 e. The molecule has 3 atom stereocenters. The molecule has 0 aliphatic heterocycles. The van der Waals surface area contributed by atoms with Crippen LogP contribution in [0, 0.1) is 5.92 Å². The molecular weight excluding hydrogens is 210 g/mol. The molecule has 0 radical (unpaired) electrons. The molecule has 1 aliphatic carbocycles. The van der Waals surface area contributed by atoms with Crippen molar-refractivity contribution in [3.63, 3.8) is 0 Å². The molecule has 0 spiro atoms. The lowest BCUT2D eigenvalue weighted by atomic mass is 9.89. The minimum absolute atomic E-state index is 0.607. The van der Waals surface area contributed by atoms with Gasteiger partial charge in [-0.2, -0.15) is 0 Å². The van der Waals surface area contributed by atoms with Gasteiger partial charge in [-0.1, -0.05) is 33.1 Å². The van der Waals surface area contributed by atoms with Crippen LogP contribution in [0.25, 0.3) is 0 Å². The first-order valence-corrected chi connectivity index (χ1v) is 7.02. The van der Waals surface area contributed by atoms with Gasteiger partial charge in [0.05, 0.1) is 6.33 Å². The van der Waals surface area contributed by atoms with Crippen molar-refractivity contribution in [3.05, 3.63) is 18.7 Å². The van der Waals surface area contributed by atoms with Crippen LogP contribution in [-0.4, -0.2) is 22.1 Å². The zero-order chi connectivity index (χ0) is 12.1. The van der Waals surface area contributed by atoms with Crippen molar-refractivity contribution in [1.82, 2.24) is 14.9 Å². The molecule has 17 heavy (non-hydrogen) atoms. The Hall–Kier alpha value is -0.830. The molecule has 2 rings (SSSR count). The van der Waals surface area contributed by atoms with Crippen LogP contribution in [0.2, 0.25) is 0 Å². The highest BCUT2D eigenvalue weighted by atomic mass is 15.1. The predicted octanol–water partition coefficient (Wildman–Crippen LogP) is 3.00. The monoisotopic (exact) mass is 235 g/mol. The van der Waals surface area contributed by atoms with Crippen LogP contribution >= 0.6 is 0 Å². The summed E-state index contributed by atoms with van der Waals surface area (Å²) in [4.78, 5) is 4.18. The van der Waals surface area contributed by atoms with E-state index in [9.17, 15) is 0 Å². The van der Waals surface area contributed by atoms with Gasteiger partial charge in [0.25, 0.3) is 0 Å². The number of nitrogens with zero attached hydrogens (tertiary/aromatic N) is 2. The van der Waals surface area contributed by atoms with Crippen molar-refractivity contribution in [2.75, 3.05) is 6.54 Å². The molecule has 3 nitrogen and oxygen atoms in total. The lowest BCUT2D eigenvalue weighted by Gasteiger charge is -2.33. The molecule has 3 heteroatoms. The predicted molar refractivity (Wildman–Crippen MR) is 71.0 cm³/mol. The molecule has 1 aromatic rings. The number of imidazole rings is 1. The Balaban J connectivity index is 1.93. The number of hydrogen-bond acceptors (Lipinski definition) is 2. The SMILES string of the molecule is CCC(C)CN[C@@H]1CCCC[C@@H]1n1ccnc1. The summed E-state index contributed by atoms with van der Waals surface area (Å²) in [5.74, 6) is 0.778. The maximum Gasteiger partial charge on any atom is 0.0949 e. The van der Waals surface area contributed by atoms with Gasteiger partial charge in [-0.15, -0.1) is 0 Å². The normalized spacial score (nSPS) is 26.9. The zero-order valence-electron chi connectivity index (χ0n) is 11.1. The maximum atomic E-state index is 4.18.